The molecule has 0 saturated heterocycles. The summed E-state index contributed by atoms with van der Waals surface area (Å²) in [6.07, 6.45) is 3.40. The third kappa shape index (κ3) is 4.63. The zero-order valence-corrected chi connectivity index (χ0v) is 17.0. The highest BCUT2D eigenvalue weighted by molar-refractivity contribution is 7.99. The summed E-state index contributed by atoms with van der Waals surface area (Å²) < 4.78 is 5.02. The topological polar surface area (TPSA) is 74.2 Å². The lowest BCUT2D eigenvalue weighted by Gasteiger charge is -2.44. The monoisotopic (exact) mass is 387 g/mol. The maximum Gasteiger partial charge on any atom is 0.306 e. The van der Waals surface area contributed by atoms with Crippen molar-refractivity contribution in [3.8, 4) is 5.75 Å². The fourth-order valence-corrected chi connectivity index (χ4v) is 5.36. The molecule has 0 fully saturated rings. The first-order valence-electron chi connectivity index (χ1n) is 8.91. The molecule has 0 unspecified atom stereocenters. The van der Waals surface area contributed by atoms with Crippen LogP contribution in [-0.4, -0.2) is 34.7 Å². The first-order chi connectivity index (χ1) is 11.5. The second-order valence-corrected chi connectivity index (χ2v) is 7.83. The summed E-state index contributed by atoms with van der Waals surface area (Å²) in [7, 11) is 0. The van der Waals surface area contributed by atoms with Gasteiger partial charge in [-0.05, 0) is 49.4 Å². The van der Waals surface area contributed by atoms with E-state index in [1.165, 1.54) is 11.1 Å². The minimum absolute atomic E-state index is 0. The molecule has 0 saturated carbocycles. The number of carbonyl (C=O) groups is 1. The summed E-state index contributed by atoms with van der Waals surface area (Å²) >= 11 is 1.83. The number of rotatable bonds is 7. The van der Waals surface area contributed by atoms with Gasteiger partial charge in [-0.25, -0.2) is 0 Å². The standard InChI is InChI=1S/C19H29NO3S.ClH/c1-4-19(5-2)15-12-14(21)8-7-13(15)11-16(18(19)20)24-10-9-17(22)23-6-3;/h7-8,12,16,18,21H,4-6,9-11,20H2,1-3H3;1H/t16-,18+;/m1./s1. The molecule has 2 atom stereocenters. The molecule has 0 aliphatic heterocycles. The van der Waals surface area contributed by atoms with Crippen LogP contribution in [0.15, 0.2) is 18.2 Å². The highest BCUT2D eigenvalue weighted by Crippen LogP contribution is 2.45. The van der Waals surface area contributed by atoms with Crippen LogP contribution in [0.3, 0.4) is 0 Å². The molecule has 0 radical (unpaired) electrons. The minimum atomic E-state index is -0.121. The van der Waals surface area contributed by atoms with E-state index in [0.29, 0.717) is 24.0 Å². The molecule has 1 aromatic carbocycles. The number of carbonyl (C=O) groups excluding carboxylic acids is 1. The number of halogens is 1. The fourth-order valence-electron chi connectivity index (χ4n) is 3.98. The lowest BCUT2D eigenvalue weighted by atomic mass is 9.63. The SMILES string of the molecule is CCOC(=O)CCS[C@@H]1Cc2ccc(O)cc2C(CC)(CC)[C@H]1[NH3+].[Cl-]. The summed E-state index contributed by atoms with van der Waals surface area (Å²) in [6, 6.07) is 6.02. The van der Waals surface area contributed by atoms with Gasteiger partial charge >= 0.3 is 5.97 Å². The average Bonchev–Trinajstić information content (AvgIpc) is 2.57. The van der Waals surface area contributed by atoms with E-state index in [4.69, 9.17) is 4.74 Å². The maximum atomic E-state index is 11.6. The van der Waals surface area contributed by atoms with Gasteiger partial charge in [-0.2, -0.15) is 11.8 Å². The van der Waals surface area contributed by atoms with E-state index in [1.807, 2.05) is 24.8 Å². The van der Waals surface area contributed by atoms with Crippen LogP contribution in [0.5, 0.6) is 5.75 Å². The van der Waals surface area contributed by atoms with Gasteiger partial charge in [0.05, 0.1) is 18.3 Å². The summed E-state index contributed by atoms with van der Waals surface area (Å²) in [4.78, 5) is 11.6. The Kier molecular flexibility index (Phi) is 8.58. The minimum Gasteiger partial charge on any atom is -1.00 e. The molecule has 1 aromatic rings. The largest absolute Gasteiger partial charge is 1.00 e. The number of phenols is 1. The molecule has 2 rings (SSSR count). The predicted octanol–water partition coefficient (Wildman–Crippen LogP) is -0.324. The number of hydrogen-bond acceptors (Lipinski definition) is 4. The zero-order valence-electron chi connectivity index (χ0n) is 15.4. The number of phenolic OH excluding ortho intramolecular Hbond substituents is 1. The van der Waals surface area contributed by atoms with Gasteiger partial charge in [-0.15, -0.1) is 0 Å². The number of esters is 1. The maximum absolute atomic E-state index is 11.6. The van der Waals surface area contributed by atoms with Crippen LogP contribution in [0.4, 0.5) is 0 Å². The molecular formula is C19H30ClNO3S. The molecule has 0 spiro atoms. The summed E-state index contributed by atoms with van der Waals surface area (Å²) in [5.74, 6) is 0.983. The summed E-state index contributed by atoms with van der Waals surface area (Å²) in [5, 5.41) is 10.3. The van der Waals surface area contributed by atoms with Crippen molar-refractivity contribution >= 4 is 17.7 Å². The molecular weight excluding hydrogens is 358 g/mol. The number of hydrogen-bond donors (Lipinski definition) is 2. The number of benzene rings is 1. The van der Waals surface area contributed by atoms with Crippen molar-refractivity contribution < 1.29 is 32.8 Å². The van der Waals surface area contributed by atoms with Crippen LogP contribution < -0.4 is 18.1 Å². The van der Waals surface area contributed by atoms with E-state index >= 15 is 0 Å². The first-order valence-corrected chi connectivity index (χ1v) is 9.96. The summed E-state index contributed by atoms with van der Waals surface area (Å²) in [5.41, 5.74) is 7.08. The Balaban J connectivity index is 0.00000312. The van der Waals surface area contributed by atoms with Gasteiger partial charge in [0.1, 0.15) is 11.8 Å². The highest BCUT2D eigenvalue weighted by atomic mass is 35.5. The molecule has 4 N–H and O–H groups in total. The van der Waals surface area contributed by atoms with Gasteiger partial charge in [-0.3, -0.25) is 4.79 Å². The number of aromatic hydroxyl groups is 1. The van der Waals surface area contributed by atoms with Crippen LogP contribution in [-0.2, 0) is 21.4 Å². The Bertz CT molecular complexity index is 578. The molecule has 0 aromatic heterocycles. The molecule has 0 bridgehead atoms. The van der Waals surface area contributed by atoms with Crippen molar-refractivity contribution in [3.63, 3.8) is 0 Å². The number of ether oxygens (including phenoxy) is 1. The van der Waals surface area contributed by atoms with Gasteiger partial charge in [0, 0.05) is 11.2 Å². The van der Waals surface area contributed by atoms with Crippen molar-refractivity contribution in [2.75, 3.05) is 12.4 Å². The van der Waals surface area contributed by atoms with Crippen LogP contribution in [0.1, 0.15) is 51.2 Å². The molecule has 4 nitrogen and oxygen atoms in total. The van der Waals surface area contributed by atoms with E-state index in [9.17, 15) is 9.90 Å². The predicted molar refractivity (Wildman–Crippen MR) is 98.2 cm³/mol. The quantitative estimate of drug-likeness (QED) is 0.629. The van der Waals surface area contributed by atoms with Crippen LogP contribution in [0.25, 0.3) is 0 Å². The van der Waals surface area contributed by atoms with Crippen LogP contribution in [0, 0.1) is 0 Å². The molecule has 142 valence electrons. The Morgan fingerprint density at radius 3 is 2.64 bits per heavy atom. The lowest BCUT2D eigenvalue weighted by molar-refractivity contribution is -0.439. The lowest BCUT2D eigenvalue weighted by Crippen LogP contribution is -3.00. The van der Waals surface area contributed by atoms with Crippen molar-refractivity contribution in [3.05, 3.63) is 29.3 Å². The van der Waals surface area contributed by atoms with Crippen molar-refractivity contribution in [2.24, 2.45) is 0 Å². The van der Waals surface area contributed by atoms with E-state index in [-0.39, 0.29) is 29.8 Å². The molecule has 6 heteroatoms. The Morgan fingerprint density at radius 1 is 1.36 bits per heavy atom. The second kappa shape index (κ2) is 9.70. The van der Waals surface area contributed by atoms with Gasteiger partial charge in [0.15, 0.2) is 0 Å². The van der Waals surface area contributed by atoms with Gasteiger partial charge in [0.25, 0.3) is 0 Å². The van der Waals surface area contributed by atoms with Gasteiger partial charge < -0.3 is 28.0 Å². The van der Waals surface area contributed by atoms with E-state index in [0.717, 1.165) is 25.0 Å². The number of fused-ring (bicyclic) bond motifs is 1. The van der Waals surface area contributed by atoms with Crippen molar-refractivity contribution in [2.45, 2.75) is 63.2 Å². The third-order valence-electron chi connectivity index (χ3n) is 5.41. The Labute approximate surface area is 161 Å². The van der Waals surface area contributed by atoms with E-state index < -0.39 is 0 Å². The third-order valence-corrected chi connectivity index (χ3v) is 6.78. The zero-order chi connectivity index (χ0) is 17.7. The first kappa shape index (κ1) is 22.1. The van der Waals surface area contributed by atoms with E-state index in [2.05, 4.69) is 25.6 Å². The Morgan fingerprint density at radius 2 is 2.04 bits per heavy atom. The second-order valence-electron chi connectivity index (χ2n) is 6.48. The smallest absolute Gasteiger partial charge is 0.306 e. The van der Waals surface area contributed by atoms with Gasteiger partial charge in [0.2, 0.25) is 0 Å². The fraction of sp³-hybridized carbons (Fsp3) is 0.632. The number of thioether (sulfide) groups is 1. The molecule has 0 heterocycles. The average molecular weight is 388 g/mol. The van der Waals surface area contributed by atoms with Crippen molar-refractivity contribution in [1.82, 2.24) is 0 Å². The highest BCUT2D eigenvalue weighted by Gasteiger charge is 2.47. The van der Waals surface area contributed by atoms with Crippen LogP contribution in [0.2, 0.25) is 0 Å². The summed E-state index contributed by atoms with van der Waals surface area (Å²) in [6.45, 7) is 6.69. The molecule has 1 aliphatic carbocycles. The van der Waals surface area contributed by atoms with Crippen LogP contribution >= 0.6 is 11.8 Å². The Hall–Kier alpha value is -0.910. The van der Waals surface area contributed by atoms with Gasteiger partial charge in [-0.1, -0.05) is 19.9 Å². The molecule has 25 heavy (non-hydrogen) atoms. The normalized spacial score (nSPS) is 21.1. The number of quaternary nitrogens is 1. The van der Waals surface area contributed by atoms with E-state index in [1.54, 1.807) is 6.07 Å². The molecule has 1 aliphatic rings. The molecule has 0 amide bonds. The van der Waals surface area contributed by atoms with Crippen molar-refractivity contribution in [1.29, 1.82) is 0 Å².